The summed E-state index contributed by atoms with van der Waals surface area (Å²) in [4.78, 5) is 5.53. The normalized spacial score (nSPS) is 15.9. The number of fused-ring (bicyclic) bond motifs is 1. The molecule has 3 aromatic rings. The van der Waals surface area contributed by atoms with E-state index in [2.05, 4.69) is 15.2 Å². The van der Waals surface area contributed by atoms with E-state index in [-0.39, 0.29) is 11.7 Å². The van der Waals surface area contributed by atoms with Crippen molar-refractivity contribution in [3.8, 4) is 0 Å². The van der Waals surface area contributed by atoms with E-state index in [0.29, 0.717) is 13.1 Å². The molecule has 0 amide bonds. The highest BCUT2D eigenvalue weighted by molar-refractivity contribution is 5.52. The highest BCUT2D eigenvalue weighted by atomic mass is 19.4. The van der Waals surface area contributed by atoms with Crippen LogP contribution in [0.5, 0.6) is 0 Å². The standard InChI is InChI=1S/C15H12F3N5/c16-15(17,18)11-4-3-6-19-14(11)22-8-10(9-22)13-21-20-12-5-1-2-7-23(12)13/h1-7,10H,8-9H2. The van der Waals surface area contributed by atoms with E-state index in [9.17, 15) is 13.2 Å². The van der Waals surface area contributed by atoms with Gasteiger partial charge in [0.1, 0.15) is 11.6 Å². The molecule has 118 valence electrons. The van der Waals surface area contributed by atoms with Crippen LogP contribution in [-0.2, 0) is 6.18 Å². The molecule has 0 aromatic carbocycles. The molecule has 0 spiro atoms. The molecule has 4 heterocycles. The molecule has 1 saturated heterocycles. The quantitative estimate of drug-likeness (QED) is 0.729. The molecule has 5 nitrogen and oxygen atoms in total. The zero-order chi connectivity index (χ0) is 16.0. The lowest BCUT2D eigenvalue weighted by Gasteiger charge is -2.40. The van der Waals surface area contributed by atoms with Gasteiger partial charge in [0.2, 0.25) is 0 Å². The highest BCUT2D eigenvalue weighted by Gasteiger charge is 2.40. The second-order valence-corrected chi connectivity index (χ2v) is 5.46. The van der Waals surface area contributed by atoms with Gasteiger partial charge >= 0.3 is 6.18 Å². The molecule has 0 bridgehead atoms. The Morgan fingerprint density at radius 3 is 2.65 bits per heavy atom. The van der Waals surface area contributed by atoms with Crippen LogP contribution in [-0.4, -0.2) is 32.7 Å². The van der Waals surface area contributed by atoms with E-state index in [1.54, 1.807) is 4.90 Å². The first-order chi connectivity index (χ1) is 11.0. The molecule has 1 aliphatic rings. The molecule has 4 rings (SSSR count). The first kappa shape index (κ1) is 14.0. The summed E-state index contributed by atoms with van der Waals surface area (Å²) in [6.07, 6.45) is -1.17. The number of alkyl halides is 3. The second-order valence-electron chi connectivity index (χ2n) is 5.46. The molecule has 8 heteroatoms. The number of aromatic nitrogens is 4. The maximum Gasteiger partial charge on any atom is 0.419 e. The van der Waals surface area contributed by atoms with Gasteiger partial charge in [0, 0.05) is 25.5 Å². The number of halogens is 3. The van der Waals surface area contributed by atoms with Crippen LogP contribution >= 0.6 is 0 Å². The van der Waals surface area contributed by atoms with Crippen LogP contribution in [0, 0.1) is 0 Å². The number of anilines is 1. The molecule has 0 atom stereocenters. The fourth-order valence-electron chi connectivity index (χ4n) is 2.82. The minimum Gasteiger partial charge on any atom is -0.355 e. The third-order valence-corrected chi connectivity index (χ3v) is 3.98. The van der Waals surface area contributed by atoms with Crippen LogP contribution in [0.3, 0.4) is 0 Å². The number of hydrogen-bond donors (Lipinski definition) is 0. The van der Waals surface area contributed by atoms with Gasteiger partial charge in [-0.05, 0) is 24.3 Å². The molecule has 0 unspecified atom stereocenters. The Labute approximate surface area is 129 Å². The maximum atomic E-state index is 13.1. The summed E-state index contributed by atoms with van der Waals surface area (Å²) in [5.74, 6) is 0.780. The average molecular weight is 319 g/mol. The Morgan fingerprint density at radius 2 is 1.87 bits per heavy atom. The van der Waals surface area contributed by atoms with Gasteiger partial charge in [-0.3, -0.25) is 4.40 Å². The average Bonchev–Trinajstić information content (AvgIpc) is 2.89. The van der Waals surface area contributed by atoms with Crippen molar-refractivity contribution >= 4 is 11.5 Å². The summed E-state index contributed by atoms with van der Waals surface area (Å²) in [7, 11) is 0. The Morgan fingerprint density at radius 1 is 1.04 bits per heavy atom. The predicted octanol–water partition coefficient (Wildman–Crippen LogP) is 2.75. The van der Waals surface area contributed by atoms with Crippen LogP contribution in [0.2, 0.25) is 0 Å². The van der Waals surface area contributed by atoms with Crippen LogP contribution < -0.4 is 4.90 Å². The predicted molar refractivity (Wildman–Crippen MR) is 77.2 cm³/mol. The van der Waals surface area contributed by atoms with E-state index >= 15 is 0 Å². The van der Waals surface area contributed by atoms with Gasteiger partial charge in [0.05, 0.1) is 11.5 Å². The molecule has 1 fully saturated rings. The van der Waals surface area contributed by atoms with Gasteiger partial charge in [-0.15, -0.1) is 10.2 Å². The van der Waals surface area contributed by atoms with E-state index in [1.165, 1.54) is 12.3 Å². The zero-order valence-corrected chi connectivity index (χ0v) is 11.9. The molecule has 0 saturated carbocycles. The topological polar surface area (TPSA) is 46.3 Å². The Balaban J connectivity index is 1.59. The lowest BCUT2D eigenvalue weighted by atomic mass is 9.98. The van der Waals surface area contributed by atoms with Crippen molar-refractivity contribution < 1.29 is 13.2 Å². The fourth-order valence-corrected chi connectivity index (χ4v) is 2.82. The van der Waals surface area contributed by atoms with Crippen molar-refractivity contribution in [1.29, 1.82) is 0 Å². The third kappa shape index (κ3) is 2.30. The molecule has 1 aliphatic heterocycles. The van der Waals surface area contributed by atoms with Crippen LogP contribution in [0.25, 0.3) is 5.65 Å². The molecular weight excluding hydrogens is 307 g/mol. The first-order valence-corrected chi connectivity index (χ1v) is 7.11. The summed E-state index contributed by atoms with van der Waals surface area (Å²) in [6, 6.07) is 7.94. The van der Waals surface area contributed by atoms with E-state index in [0.717, 1.165) is 17.5 Å². The molecule has 0 radical (unpaired) electrons. The van der Waals surface area contributed by atoms with Gasteiger partial charge in [-0.25, -0.2) is 4.98 Å². The first-order valence-electron chi connectivity index (χ1n) is 7.11. The van der Waals surface area contributed by atoms with Crippen LogP contribution in [0.15, 0.2) is 42.7 Å². The number of rotatable bonds is 2. The summed E-state index contributed by atoms with van der Waals surface area (Å²) in [6.45, 7) is 0.881. The smallest absolute Gasteiger partial charge is 0.355 e. The van der Waals surface area contributed by atoms with Gasteiger partial charge in [0.15, 0.2) is 5.65 Å². The third-order valence-electron chi connectivity index (χ3n) is 3.98. The fraction of sp³-hybridized carbons (Fsp3) is 0.267. The Hall–Kier alpha value is -2.64. The lowest BCUT2D eigenvalue weighted by molar-refractivity contribution is -0.137. The summed E-state index contributed by atoms with van der Waals surface area (Å²) in [5, 5.41) is 8.24. The number of hydrogen-bond acceptors (Lipinski definition) is 4. The lowest BCUT2D eigenvalue weighted by Crippen LogP contribution is -2.47. The monoisotopic (exact) mass is 319 g/mol. The molecule has 0 N–H and O–H groups in total. The molecule has 23 heavy (non-hydrogen) atoms. The Kier molecular flexibility index (Phi) is 3.00. The largest absolute Gasteiger partial charge is 0.419 e. The highest BCUT2D eigenvalue weighted by Crippen LogP contribution is 2.38. The van der Waals surface area contributed by atoms with Crippen LogP contribution in [0.1, 0.15) is 17.3 Å². The van der Waals surface area contributed by atoms with E-state index in [1.807, 2.05) is 28.8 Å². The van der Waals surface area contributed by atoms with E-state index < -0.39 is 11.7 Å². The number of nitrogens with zero attached hydrogens (tertiary/aromatic N) is 5. The van der Waals surface area contributed by atoms with Gasteiger partial charge in [-0.1, -0.05) is 6.07 Å². The minimum absolute atomic E-state index is 0.0231. The maximum absolute atomic E-state index is 13.1. The molecule has 3 aromatic heterocycles. The molecular formula is C15H12F3N5. The van der Waals surface area contributed by atoms with Crippen molar-refractivity contribution in [3.63, 3.8) is 0 Å². The second kappa shape index (κ2) is 4.94. The van der Waals surface area contributed by atoms with Crippen molar-refractivity contribution in [2.45, 2.75) is 12.1 Å². The van der Waals surface area contributed by atoms with Crippen molar-refractivity contribution in [2.24, 2.45) is 0 Å². The summed E-state index contributed by atoms with van der Waals surface area (Å²) < 4.78 is 41.0. The minimum atomic E-state index is -4.41. The molecule has 0 aliphatic carbocycles. The van der Waals surface area contributed by atoms with Gasteiger partial charge in [-0.2, -0.15) is 13.2 Å². The SMILES string of the molecule is FC(F)(F)c1cccnc1N1CC(c2nnc3ccccn23)C1. The van der Waals surface area contributed by atoms with E-state index in [4.69, 9.17) is 0 Å². The van der Waals surface area contributed by atoms with Crippen molar-refractivity contribution in [3.05, 3.63) is 54.1 Å². The summed E-state index contributed by atoms with van der Waals surface area (Å²) in [5.41, 5.74) is 0.0271. The van der Waals surface area contributed by atoms with Crippen molar-refractivity contribution in [1.82, 2.24) is 19.6 Å². The van der Waals surface area contributed by atoms with Gasteiger partial charge in [0.25, 0.3) is 0 Å². The van der Waals surface area contributed by atoms with Crippen molar-refractivity contribution in [2.75, 3.05) is 18.0 Å². The van der Waals surface area contributed by atoms with Gasteiger partial charge < -0.3 is 4.90 Å². The Bertz CT molecular complexity index is 851. The summed E-state index contributed by atoms with van der Waals surface area (Å²) >= 11 is 0. The van der Waals surface area contributed by atoms with Crippen LogP contribution in [0.4, 0.5) is 19.0 Å². The number of pyridine rings is 2. The zero-order valence-electron chi connectivity index (χ0n) is 11.9.